The minimum absolute atomic E-state index is 0.207. The molecule has 4 N–H and O–H groups in total. The fraction of sp³-hybridized carbons (Fsp3) is 0.154. The maximum Gasteiger partial charge on any atom is 0.259 e. The molecule has 0 aliphatic carbocycles. The van der Waals surface area contributed by atoms with Crippen LogP contribution in [-0.4, -0.2) is 21.0 Å². The van der Waals surface area contributed by atoms with E-state index >= 15 is 0 Å². The molecule has 20 heavy (non-hydrogen) atoms. The smallest absolute Gasteiger partial charge is 0.259 e. The average molecular weight is 277 g/mol. The van der Waals surface area contributed by atoms with Crippen LogP contribution in [0.4, 0.5) is 4.39 Å². The number of primary amides is 1. The highest BCUT2D eigenvalue weighted by atomic mass is 19.1. The van der Waals surface area contributed by atoms with Crippen LogP contribution >= 0.6 is 0 Å². The van der Waals surface area contributed by atoms with Crippen molar-refractivity contribution in [2.24, 2.45) is 5.73 Å². The summed E-state index contributed by atoms with van der Waals surface area (Å²) in [6.45, 7) is 1.49. The number of nitrogens with one attached hydrogen (secondary N) is 1. The monoisotopic (exact) mass is 277 g/mol. The Morgan fingerprint density at radius 1 is 1.40 bits per heavy atom. The fourth-order valence-corrected chi connectivity index (χ4v) is 1.97. The van der Waals surface area contributed by atoms with Gasteiger partial charge in [-0.15, -0.1) is 0 Å². The lowest BCUT2D eigenvalue weighted by Crippen LogP contribution is -2.29. The molecule has 1 heterocycles. The van der Waals surface area contributed by atoms with Crippen molar-refractivity contribution in [3.05, 3.63) is 57.4 Å². The number of aryl methyl sites for hydroxylation is 1. The van der Waals surface area contributed by atoms with Gasteiger partial charge in [-0.2, -0.15) is 0 Å². The number of rotatable bonds is 3. The molecule has 104 valence electrons. The molecule has 0 aliphatic heterocycles. The number of nitrogens with zero attached hydrogens (tertiary/aromatic N) is 1. The summed E-state index contributed by atoms with van der Waals surface area (Å²) in [4.78, 5) is 29.6. The molecule has 2 rings (SSSR count). The van der Waals surface area contributed by atoms with E-state index in [-0.39, 0.29) is 11.4 Å². The number of hydrogen-bond acceptors (Lipinski definition) is 4. The third-order valence-corrected chi connectivity index (χ3v) is 2.83. The zero-order chi connectivity index (χ0) is 14.9. The molecule has 1 aromatic heterocycles. The summed E-state index contributed by atoms with van der Waals surface area (Å²) < 4.78 is 12.9. The number of carbonyl (C=O) groups is 1. The fourth-order valence-electron chi connectivity index (χ4n) is 1.97. The van der Waals surface area contributed by atoms with E-state index in [2.05, 4.69) is 9.97 Å². The first-order valence-electron chi connectivity index (χ1n) is 5.74. The Bertz CT molecular complexity index is 710. The molecule has 1 amide bonds. The summed E-state index contributed by atoms with van der Waals surface area (Å²) in [5.41, 5.74) is 4.67. The van der Waals surface area contributed by atoms with Gasteiger partial charge in [0.15, 0.2) is 0 Å². The number of H-pyrrole nitrogens is 1. The van der Waals surface area contributed by atoms with E-state index in [1.165, 1.54) is 19.1 Å². The second-order valence-corrected chi connectivity index (χ2v) is 4.28. The second kappa shape index (κ2) is 5.12. The second-order valence-electron chi connectivity index (χ2n) is 4.28. The number of nitrogens with two attached hydrogens (primary N) is 1. The first-order chi connectivity index (χ1) is 9.40. The average Bonchev–Trinajstić information content (AvgIpc) is 2.34. The maximum absolute atomic E-state index is 12.9. The number of amides is 1. The Kier molecular flexibility index (Phi) is 3.51. The highest BCUT2D eigenvalue weighted by Crippen LogP contribution is 2.27. The van der Waals surface area contributed by atoms with E-state index in [9.17, 15) is 19.1 Å². The molecule has 1 unspecified atom stereocenters. The zero-order valence-corrected chi connectivity index (χ0v) is 10.6. The van der Waals surface area contributed by atoms with E-state index < -0.39 is 29.1 Å². The normalized spacial score (nSPS) is 12.1. The number of benzene rings is 1. The van der Waals surface area contributed by atoms with Crippen molar-refractivity contribution >= 4 is 5.91 Å². The SMILES string of the molecule is Cc1nc(O)c(C(C(N)=O)c2ccc(F)cc2)c(=O)[nH]1. The van der Waals surface area contributed by atoms with Crippen LogP contribution in [0.5, 0.6) is 5.88 Å². The predicted octanol–water partition coefficient (Wildman–Crippen LogP) is 0.540. The lowest BCUT2D eigenvalue weighted by molar-refractivity contribution is -0.118. The zero-order valence-electron chi connectivity index (χ0n) is 10.6. The summed E-state index contributed by atoms with van der Waals surface area (Å²) in [5, 5.41) is 9.79. The molecule has 0 saturated heterocycles. The highest BCUT2D eigenvalue weighted by Gasteiger charge is 2.27. The molecular weight excluding hydrogens is 265 g/mol. The van der Waals surface area contributed by atoms with Gasteiger partial charge in [0.1, 0.15) is 11.6 Å². The van der Waals surface area contributed by atoms with E-state index in [1.54, 1.807) is 0 Å². The van der Waals surface area contributed by atoms with Gasteiger partial charge >= 0.3 is 0 Å². The van der Waals surface area contributed by atoms with Crippen LogP contribution in [0.1, 0.15) is 22.9 Å². The molecule has 0 radical (unpaired) electrons. The molecule has 1 aromatic carbocycles. The van der Waals surface area contributed by atoms with Gasteiger partial charge in [0.05, 0.1) is 11.5 Å². The van der Waals surface area contributed by atoms with Crippen molar-refractivity contribution in [1.29, 1.82) is 0 Å². The number of aromatic amines is 1. The molecule has 1 atom stereocenters. The molecule has 0 aliphatic rings. The van der Waals surface area contributed by atoms with Crippen molar-refractivity contribution in [2.45, 2.75) is 12.8 Å². The Labute approximate surface area is 113 Å². The lowest BCUT2D eigenvalue weighted by Gasteiger charge is -2.14. The first kappa shape index (κ1) is 13.7. The Morgan fingerprint density at radius 2 is 2.00 bits per heavy atom. The van der Waals surface area contributed by atoms with Crippen LogP contribution in [0.2, 0.25) is 0 Å². The number of halogens is 1. The number of aromatic nitrogens is 2. The number of hydrogen-bond donors (Lipinski definition) is 3. The molecule has 0 spiro atoms. The summed E-state index contributed by atoms with van der Waals surface area (Å²) in [6.07, 6.45) is 0. The molecule has 6 nitrogen and oxygen atoms in total. The van der Waals surface area contributed by atoms with E-state index in [4.69, 9.17) is 5.73 Å². The minimum Gasteiger partial charge on any atom is -0.493 e. The van der Waals surface area contributed by atoms with E-state index in [1.807, 2.05) is 0 Å². The van der Waals surface area contributed by atoms with Crippen LogP contribution in [0.15, 0.2) is 29.1 Å². The molecule has 0 fully saturated rings. The molecular formula is C13H12FN3O3. The predicted molar refractivity (Wildman–Crippen MR) is 68.7 cm³/mol. The lowest BCUT2D eigenvalue weighted by atomic mass is 9.92. The topological polar surface area (TPSA) is 109 Å². The van der Waals surface area contributed by atoms with Crippen molar-refractivity contribution in [1.82, 2.24) is 9.97 Å². The maximum atomic E-state index is 12.9. The third kappa shape index (κ3) is 2.51. The number of carbonyl (C=O) groups excluding carboxylic acids is 1. The molecule has 0 bridgehead atoms. The summed E-state index contributed by atoms with van der Waals surface area (Å²) in [5.74, 6) is -2.90. The van der Waals surface area contributed by atoms with Gasteiger partial charge in [-0.05, 0) is 24.6 Å². The van der Waals surface area contributed by atoms with Crippen molar-refractivity contribution in [3.63, 3.8) is 0 Å². The van der Waals surface area contributed by atoms with Gasteiger partial charge in [-0.1, -0.05) is 12.1 Å². The summed E-state index contributed by atoms with van der Waals surface area (Å²) in [7, 11) is 0. The quantitative estimate of drug-likeness (QED) is 0.760. The van der Waals surface area contributed by atoms with Crippen molar-refractivity contribution in [3.8, 4) is 5.88 Å². The summed E-state index contributed by atoms with van der Waals surface area (Å²) in [6, 6.07) is 4.92. The highest BCUT2D eigenvalue weighted by molar-refractivity contribution is 5.86. The van der Waals surface area contributed by atoms with Crippen molar-refractivity contribution in [2.75, 3.05) is 0 Å². The van der Waals surface area contributed by atoms with Crippen LogP contribution < -0.4 is 11.3 Å². The Balaban J connectivity index is 2.64. The standard InChI is InChI=1S/C13H12FN3O3/c1-6-16-12(19)10(13(20)17-6)9(11(15)18)7-2-4-8(14)5-3-7/h2-5,9H,1H3,(H2,15,18)(H2,16,17,19,20). The van der Waals surface area contributed by atoms with Gasteiger partial charge < -0.3 is 15.8 Å². The third-order valence-electron chi connectivity index (χ3n) is 2.83. The number of aromatic hydroxyl groups is 1. The summed E-state index contributed by atoms with van der Waals surface area (Å²) >= 11 is 0. The van der Waals surface area contributed by atoms with E-state index in [0.717, 1.165) is 12.1 Å². The first-order valence-corrected chi connectivity index (χ1v) is 5.74. The molecule has 0 saturated carbocycles. The van der Waals surface area contributed by atoms with Gasteiger partial charge in [-0.25, -0.2) is 9.37 Å². The van der Waals surface area contributed by atoms with Gasteiger partial charge in [-0.3, -0.25) is 9.59 Å². The van der Waals surface area contributed by atoms with Crippen LogP contribution in [0, 0.1) is 12.7 Å². The Morgan fingerprint density at radius 3 is 2.50 bits per heavy atom. The van der Waals surface area contributed by atoms with Crippen LogP contribution in [-0.2, 0) is 4.79 Å². The van der Waals surface area contributed by atoms with Crippen LogP contribution in [0.25, 0.3) is 0 Å². The van der Waals surface area contributed by atoms with Gasteiger partial charge in [0.2, 0.25) is 11.8 Å². The van der Waals surface area contributed by atoms with E-state index in [0.29, 0.717) is 5.56 Å². The molecule has 2 aromatic rings. The van der Waals surface area contributed by atoms with Crippen LogP contribution in [0.3, 0.4) is 0 Å². The molecule has 7 heteroatoms. The Hall–Kier alpha value is -2.70. The largest absolute Gasteiger partial charge is 0.493 e. The van der Waals surface area contributed by atoms with Gasteiger partial charge in [0.25, 0.3) is 5.56 Å². The minimum atomic E-state index is -1.20. The van der Waals surface area contributed by atoms with Crippen molar-refractivity contribution < 1.29 is 14.3 Å². The van der Waals surface area contributed by atoms with Gasteiger partial charge in [0, 0.05) is 0 Å².